The summed E-state index contributed by atoms with van der Waals surface area (Å²) in [6.07, 6.45) is 4.87. The van der Waals surface area contributed by atoms with Crippen LogP contribution in [0.25, 0.3) is 11.1 Å². The van der Waals surface area contributed by atoms with Gasteiger partial charge in [0, 0.05) is 30.7 Å². The van der Waals surface area contributed by atoms with E-state index in [9.17, 15) is 4.79 Å². The van der Waals surface area contributed by atoms with Crippen molar-refractivity contribution >= 4 is 29.4 Å². The molecule has 0 unspecified atom stereocenters. The number of fused-ring (bicyclic) bond motifs is 1. The third-order valence-corrected chi connectivity index (χ3v) is 4.76. The first-order valence-corrected chi connectivity index (χ1v) is 8.51. The Balaban J connectivity index is 0.00000169. The third kappa shape index (κ3) is 3.00. The number of carbonyl (C=O) groups is 1. The van der Waals surface area contributed by atoms with E-state index in [2.05, 4.69) is 17.1 Å². The van der Waals surface area contributed by atoms with E-state index in [1.807, 2.05) is 11.0 Å². The number of rotatable bonds is 4. The van der Waals surface area contributed by atoms with Crippen molar-refractivity contribution in [1.29, 1.82) is 0 Å². The van der Waals surface area contributed by atoms with Crippen LogP contribution in [0.5, 0.6) is 0 Å². The van der Waals surface area contributed by atoms with Gasteiger partial charge in [-0.05, 0) is 31.7 Å². The van der Waals surface area contributed by atoms with Crippen molar-refractivity contribution in [3.8, 4) is 0 Å². The molecule has 1 saturated heterocycles. The second-order valence-corrected chi connectivity index (χ2v) is 6.73. The van der Waals surface area contributed by atoms with Crippen LogP contribution in [0.15, 0.2) is 10.6 Å². The number of halogens is 1. The number of carbonyl (C=O) groups excluding carboxylic acids is 1. The largest absolute Gasteiger partial charge is 0.337 e. The molecule has 3 heterocycles. The molecule has 1 aliphatic heterocycles. The maximum absolute atomic E-state index is 13.0. The summed E-state index contributed by atoms with van der Waals surface area (Å²) in [5, 5.41) is 4.95. The van der Waals surface area contributed by atoms with E-state index in [4.69, 9.17) is 10.3 Å². The quantitative estimate of drug-likeness (QED) is 0.916. The SMILES string of the molecule is CCCc1noc2nc(C3CC3)cc(C(=O)N3CC[C@@H](N)C3)c12.Cl. The Morgan fingerprint density at radius 2 is 2.21 bits per heavy atom. The molecule has 2 aliphatic rings. The second-order valence-electron chi connectivity index (χ2n) is 6.73. The molecule has 1 atom stereocenters. The van der Waals surface area contributed by atoms with Crippen LogP contribution in [0.1, 0.15) is 60.3 Å². The molecule has 130 valence electrons. The molecule has 2 aromatic heterocycles. The van der Waals surface area contributed by atoms with Gasteiger partial charge in [0.25, 0.3) is 11.6 Å². The Labute approximate surface area is 147 Å². The van der Waals surface area contributed by atoms with Gasteiger partial charge in [-0.3, -0.25) is 4.79 Å². The first-order valence-electron chi connectivity index (χ1n) is 8.51. The lowest BCUT2D eigenvalue weighted by molar-refractivity contribution is 0.0792. The van der Waals surface area contributed by atoms with Crippen molar-refractivity contribution in [3.63, 3.8) is 0 Å². The zero-order valence-corrected chi connectivity index (χ0v) is 14.6. The minimum absolute atomic E-state index is 0. The number of hydrogen-bond acceptors (Lipinski definition) is 5. The lowest BCUT2D eigenvalue weighted by atomic mass is 10.0. The van der Waals surface area contributed by atoms with Crippen molar-refractivity contribution < 1.29 is 9.32 Å². The molecule has 4 rings (SSSR count). The maximum atomic E-state index is 13.0. The Morgan fingerprint density at radius 1 is 1.42 bits per heavy atom. The number of nitrogens with zero attached hydrogens (tertiary/aromatic N) is 3. The molecule has 0 bridgehead atoms. The minimum Gasteiger partial charge on any atom is -0.337 e. The highest BCUT2D eigenvalue weighted by Gasteiger charge is 2.31. The first-order chi connectivity index (χ1) is 11.2. The van der Waals surface area contributed by atoms with Crippen LogP contribution in [-0.2, 0) is 6.42 Å². The molecule has 2 aromatic rings. The summed E-state index contributed by atoms with van der Waals surface area (Å²) in [6, 6.07) is 2.04. The Hall–Kier alpha value is -1.66. The van der Waals surface area contributed by atoms with Crippen molar-refractivity contribution in [2.75, 3.05) is 13.1 Å². The van der Waals surface area contributed by atoms with E-state index < -0.39 is 0 Å². The van der Waals surface area contributed by atoms with Crippen LogP contribution in [-0.4, -0.2) is 40.1 Å². The number of pyridine rings is 1. The predicted molar refractivity (Wildman–Crippen MR) is 93.5 cm³/mol. The molecule has 24 heavy (non-hydrogen) atoms. The van der Waals surface area contributed by atoms with Gasteiger partial charge in [-0.15, -0.1) is 12.4 Å². The van der Waals surface area contributed by atoms with Gasteiger partial charge in [-0.1, -0.05) is 18.5 Å². The number of likely N-dealkylation sites (tertiary alicyclic amines) is 1. The Morgan fingerprint density at radius 3 is 2.83 bits per heavy atom. The van der Waals surface area contributed by atoms with Gasteiger partial charge in [-0.2, -0.15) is 0 Å². The number of aryl methyl sites for hydroxylation is 1. The topological polar surface area (TPSA) is 85.2 Å². The molecule has 2 fully saturated rings. The molecule has 0 aromatic carbocycles. The van der Waals surface area contributed by atoms with Crippen molar-refractivity contribution in [2.45, 2.75) is 51.0 Å². The van der Waals surface area contributed by atoms with Gasteiger partial charge < -0.3 is 15.2 Å². The van der Waals surface area contributed by atoms with E-state index in [0.29, 0.717) is 23.7 Å². The third-order valence-electron chi connectivity index (χ3n) is 4.76. The molecule has 7 heteroatoms. The summed E-state index contributed by atoms with van der Waals surface area (Å²) in [5.41, 5.74) is 8.96. The number of aromatic nitrogens is 2. The minimum atomic E-state index is 0. The number of hydrogen-bond donors (Lipinski definition) is 1. The average molecular weight is 351 g/mol. The van der Waals surface area contributed by atoms with Crippen LogP contribution in [0.2, 0.25) is 0 Å². The maximum Gasteiger partial charge on any atom is 0.259 e. The van der Waals surface area contributed by atoms with Gasteiger partial charge in [0.2, 0.25) is 0 Å². The van der Waals surface area contributed by atoms with Crippen LogP contribution >= 0.6 is 12.4 Å². The summed E-state index contributed by atoms with van der Waals surface area (Å²) in [5.74, 6) is 0.499. The van der Waals surface area contributed by atoms with E-state index >= 15 is 0 Å². The van der Waals surface area contributed by atoms with E-state index in [1.54, 1.807) is 0 Å². The zero-order valence-electron chi connectivity index (χ0n) is 13.8. The lowest BCUT2D eigenvalue weighted by Crippen LogP contribution is -2.32. The predicted octanol–water partition coefficient (Wildman–Crippen LogP) is 2.65. The summed E-state index contributed by atoms with van der Waals surface area (Å²) in [4.78, 5) is 19.5. The number of nitrogens with two attached hydrogens (primary N) is 1. The fourth-order valence-corrected chi connectivity index (χ4v) is 3.34. The summed E-state index contributed by atoms with van der Waals surface area (Å²) in [6.45, 7) is 3.43. The fraction of sp³-hybridized carbons (Fsp3) is 0.588. The molecule has 1 aliphatic carbocycles. The van der Waals surface area contributed by atoms with Crippen molar-refractivity contribution in [1.82, 2.24) is 15.0 Å². The van der Waals surface area contributed by atoms with Crippen molar-refractivity contribution in [3.05, 3.63) is 23.0 Å². The molecule has 2 N–H and O–H groups in total. The van der Waals surface area contributed by atoms with Gasteiger partial charge in [0.15, 0.2) is 0 Å². The first kappa shape index (κ1) is 17.2. The number of amides is 1. The van der Waals surface area contributed by atoms with E-state index in [0.717, 1.165) is 55.4 Å². The van der Waals surface area contributed by atoms with Crippen LogP contribution in [0.3, 0.4) is 0 Å². The average Bonchev–Trinajstić information content (AvgIpc) is 3.20. The molecule has 6 nitrogen and oxygen atoms in total. The molecule has 1 saturated carbocycles. The van der Waals surface area contributed by atoms with E-state index in [1.165, 1.54) is 0 Å². The standard InChI is InChI=1S/C17H22N4O2.ClH/c1-2-3-13-15-12(17(22)21-7-6-11(18)9-21)8-14(10-4-5-10)19-16(15)23-20-13;/h8,10-11H,2-7,9,18H2,1H3;1H/t11-;/m1./s1. The van der Waals surface area contributed by atoms with Crippen molar-refractivity contribution in [2.24, 2.45) is 5.73 Å². The molecular formula is C17H23ClN4O2. The lowest BCUT2D eigenvalue weighted by Gasteiger charge is -2.17. The molecule has 0 radical (unpaired) electrons. The Bertz CT molecular complexity index is 756. The van der Waals surface area contributed by atoms with Gasteiger partial charge in [0.05, 0.1) is 16.6 Å². The van der Waals surface area contributed by atoms with Crippen LogP contribution in [0, 0.1) is 0 Å². The van der Waals surface area contributed by atoms with Gasteiger partial charge >= 0.3 is 0 Å². The molecule has 0 spiro atoms. The normalized spacial score (nSPS) is 20.4. The molecule has 1 amide bonds. The van der Waals surface area contributed by atoms with Crippen LogP contribution in [0.4, 0.5) is 0 Å². The highest BCUT2D eigenvalue weighted by Crippen LogP contribution is 2.40. The van der Waals surface area contributed by atoms with Gasteiger partial charge in [-0.25, -0.2) is 4.98 Å². The zero-order chi connectivity index (χ0) is 16.0. The molecular weight excluding hydrogens is 328 g/mol. The van der Waals surface area contributed by atoms with Gasteiger partial charge in [0.1, 0.15) is 0 Å². The highest BCUT2D eigenvalue weighted by molar-refractivity contribution is 6.06. The fourth-order valence-electron chi connectivity index (χ4n) is 3.34. The summed E-state index contributed by atoms with van der Waals surface area (Å²) in [7, 11) is 0. The monoisotopic (exact) mass is 350 g/mol. The second kappa shape index (κ2) is 6.69. The van der Waals surface area contributed by atoms with E-state index in [-0.39, 0.29) is 24.4 Å². The Kier molecular flexibility index (Phi) is 4.78. The van der Waals surface area contributed by atoms with Crippen LogP contribution < -0.4 is 5.73 Å². The smallest absolute Gasteiger partial charge is 0.259 e. The summed E-state index contributed by atoms with van der Waals surface area (Å²) >= 11 is 0. The highest BCUT2D eigenvalue weighted by atomic mass is 35.5. The summed E-state index contributed by atoms with van der Waals surface area (Å²) < 4.78 is 5.44.